The molecule has 2 nitrogen and oxygen atoms in total. The van der Waals surface area contributed by atoms with Crippen LogP contribution in [0.4, 0.5) is 0 Å². The van der Waals surface area contributed by atoms with E-state index in [1.165, 1.54) is 50.2 Å². The molecule has 0 spiro atoms. The lowest BCUT2D eigenvalue weighted by Gasteiger charge is -2.32. The Morgan fingerprint density at radius 3 is 2.00 bits per heavy atom. The minimum Gasteiger partial charge on any atom is -0.403 e. The topological polar surface area (TPSA) is 18.5 Å². The Kier molecular flexibility index (Phi) is 6.23. The fourth-order valence-electron chi connectivity index (χ4n) is 4.00. The van der Waals surface area contributed by atoms with Crippen molar-refractivity contribution >= 4 is 15.9 Å². The van der Waals surface area contributed by atoms with Crippen molar-refractivity contribution in [1.82, 2.24) is 0 Å². The maximum Gasteiger partial charge on any atom is 0.461 e. The standard InChI is InChI=1S/C18H36BO2Si/c1-7-22(8-2)14-15-12-10-9-11-13-16(15)19-20-17(3,4)18(5,6)21-19/h15-16H,7-14H2,1-6H3/t15-,16+/m0/s1. The molecule has 0 aromatic heterocycles. The van der Waals surface area contributed by atoms with Crippen LogP contribution in [0, 0.1) is 5.92 Å². The highest BCUT2D eigenvalue weighted by Crippen LogP contribution is 2.47. The summed E-state index contributed by atoms with van der Waals surface area (Å²) >= 11 is 0. The van der Waals surface area contributed by atoms with Crippen LogP contribution in [-0.2, 0) is 9.31 Å². The molecule has 0 aromatic carbocycles. The maximum atomic E-state index is 6.43. The summed E-state index contributed by atoms with van der Waals surface area (Å²) in [5.74, 6) is 1.44. The Bertz CT molecular complexity index is 339. The van der Waals surface area contributed by atoms with Crippen LogP contribution in [-0.4, -0.2) is 27.1 Å². The largest absolute Gasteiger partial charge is 0.461 e. The highest BCUT2D eigenvalue weighted by Gasteiger charge is 2.54. The average Bonchev–Trinajstić information content (AvgIpc) is 2.61. The Morgan fingerprint density at radius 2 is 1.45 bits per heavy atom. The van der Waals surface area contributed by atoms with Crippen LogP contribution in [0.3, 0.4) is 0 Å². The molecular formula is C18H36BO2Si. The first-order chi connectivity index (χ1) is 10.3. The van der Waals surface area contributed by atoms with Gasteiger partial charge in [0.1, 0.15) is 0 Å². The van der Waals surface area contributed by atoms with E-state index in [9.17, 15) is 0 Å². The van der Waals surface area contributed by atoms with Crippen LogP contribution in [0.2, 0.25) is 23.9 Å². The van der Waals surface area contributed by atoms with E-state index in [0.29, 0.717) is 5.82 Å². The smallest absolute Gasteiger partial charge is 0.403 e. The minimum atomic E-state index is -0.183. The van der Waals surface area contributed by atoms with Crippen molar-refractivity contribution in [3.05, 3.63) is 0 Å². The first-order valence-corrected chi connectivity index (χ1v) is 11.6. The van der Waals surface area contributed by atoms with Crippen LogP contribution in [0.1, 0.15) is 73.6 Å². The molecule has 2 rings (SSSR count). The molecule has 1 radical (unpaired) electrons. The molecule has 0 N–H and O–H groups in total. The summed E-state index contributed by atoms with van der Waals surface area (Å²) in [5, 5.41) is 0. The molecule has 2 aliphatic rings. The van der Waals surface area contributed by atoms with E-state index >= 15 is 0 Å². The van der Waals surface area contributed by atoms with E-state index in [1.54, 1.807) is 0 Å². The van der Waals surface area contributed by atoms with Gasteiger partial charge in [0, 0.05) is 8.80 Å². The van der Waals surface area contributed by atoms with Crippen molar-refractivity contribution < 1.29 is 9.31 Å². The summed E-state index contributed by atoms with van der Waals surface area (Å²) in [4.78, 5) is 0. The van der Waals surface area contributed by atoms with Crippen molar-refractivity contribution in [2.75, 3.05) is 0 Å². The van der Waals surface area contributed by atoms with E-state index in [1.807, 2.05) is 0 Å². The van der Waals surface area contributed by atoms with E-state index < -0.39 is 0 Å². The molecule has 4 heteroatoms. The second-order valence-corrected chi connectivity index (χ2v) is 11.7. The predicted octanol–water partition coefficient (Wildman–Crippen LogP) is 5.56. The molecule has 1 saturated carbocycles. The first kappa shape index (κ1) is 18.5. The van der Waals surface area contributed by atoms with E-state index in [0.717, 1.165) is 5.92 Å². The van der Waals surface area contributed by atoms with Gasteiger partial charge in [-0.15, -0.1) is 0 Å². The lowest BCUT2D eigenvalue weighted by atomic mass is 9.63. The van der Waals surface area contributed by atoms with Crippen LogP contribution in [0.5, 0.6) is 0 Å². The molecule has 1 aliphatic carbocycles. The summed E-state index contributed by atoms with van der Waals surface area (Å²) in [6.45, 7) is 13.5. The monoisotopic (exact) mass is 323 g/mol. The van der Waals surface area contributed by atoms with Gasteiger partial charge in [0.25, 0.3) is 0 Å². The van der Waals surface area contributed by atoms with Crippen LogP contribution >= 0.6 is 0 Å². The highest BCUT2D eigenvalue weighted by atomic mass is 28.3. The molecule has 2 atom stereocenters. The fraction of sp³-hybridized carbons (Fsp3) is 1.00. The van der Waals surface area contributed by atoms with Gasteiger partial charge in [0.2, 0.25) is 0 Å². The minimum absolute atomic E-state index is 0.0186. The molecule has 22 heavy (non-hydrogen) atoms. The van der Waals surface area contributed by atoms with Crippen molar-refractivity contribution in [1.29, 1.82) is 0 Å². The summed E-state index contributed by atoms with van der Waals surface area (Å²) in [5.41, 5.74) is -0.365. The highest BCUT2D eigenvalue weighted by molar-refractivity contribution is 6.59. The summed E-state index contributed by atoms with van der Waals surface area (Å²) < 4.78 is 12.9. The quantitative estimate of drug-likeness (QED) is 0.487. The van der Waals surface area contributed by atoms with Gasteiger partial charge in [-0.25, -0.2) is 0 Å². The average molecular weight is 323 g/mol. The van der Waals surface area contributed by atoms with Crippen molar-refractivity contribution in [3.63, 3.8) is 0 Å². The zero-order valence-corrected chi connectivity index (χ0v) is 16.7. The predicted molar refractivity (Wildman–Crippen MR) is 97.9 cm³/mol. The van der Waals surface area contributed by atoms with Crippen LogP contribution < -0.4 is 0 Å². The van der Waals surface area contributed by atoms with Crippen molar-refractivity contribution in [3.8, 4) is 0 Å². The summed E-state index contributed by atoms with van der Waals surface area (Å²) in [6, 6.07) is 4.29. The van der Waals surface area contributed by atoms with Crippen molar-refractivity contribution in [2.45, 2.75) is 109 Å². The third-order valence-electron chi connectivity index (χ3n) is 6.39. The Hall–Kier alpha value is 0.202. The Morgan fingerprint density at radius 1 is 0.909 bits per heavy atom. The van der Waals surface area contributed by atoms with E-state index in [-0.39, 0.29) is 27.1 Å². The third kappa shape index (κ3) is 3.99. The number of hydrogen-bond acceptors (Lipinski definition) is 2. The number of hydrogen-bond donors (Lipinski definition) is 0. The van der Waals surface area contributed by atoms with Gasteiger partial charge >= 0.3 is 7.12 Å². The van der Waals surface area contributed by atoms with E-state index in [2.05, 4.69) is 41.5 Å². The molecular weight excluding hydrogens is 287 g/mol. The fourth-order valence-corrected chi connectivity index (χ4v) is 6.32. The van der Waals surface area contributed by atoms with Gasteiger partial charge in [-0.05, 0) is 39.4 Å². The number of rotatable bonds is 5. The SMILES string of the molecule is CC[Si](CC)C[C@@H]1CCCCC[C@H]1B1OC(C)(C)C(C)(C)O1. The molecule has 1 heterocycles. The lowest BCUT2D eigenvalue weighted by Crippen LogP contribution is -2.41. The molecule has 2 fully saturated rings. The molecule has 0 aromatic rings. The zero-order valence-electron chi connectivity index (χ0n) is 15.7. The normalized spacial score (nSPS) is 31.5. The zero-order chi connectivity index (χ0) is 16.4. The van der Waals surface area contributed by atoms with Gasteiger partial charge in [-0.1, -0.05) is 64.1 Å². The molecule has 1 saturated heterocycles. The molecule has 0 bridgehead atoms. The van der Waals surface area contributed by atoms with E-state index in [4.69, 9.17) is 9.31 Å². The second-order valence-electron chi connectivity index (χ2n) is 8.35. The molecule has 1 aliphatic heterocycles. The third-order valence-corrected chi connectivity index (χ3v) is 9.49. The summed E-state index contributed by atoms with van der Waals surface area (Å²) in [7, 11) is -0.149. The van der Waals surface area contributed by atoms with Gasteiger partial charge < -0.3 is 9.31 Å². The second kappa shape index (κ2) is 7.40. The molecule has 0 amide bonds. The van der Waals surface area contributed by atoms with Crippen LogP contribution in [0.15, 0.2) is 0 Å². The molecule has 0 unspecified atom stereocenters. The van der Waals surface area contributed by atoms with Gasteiger partial charge in [-0.3, -0.25) is 0 Å². The van der Waals surface area contributed by atoms with Gasteiger partial charge in [0.05, 0.1) is 11.2 Å². The maximum absolute atomic E-state index is 6.43. The first-order valence-electron chi connectivity index (χ1n) is 9.50. The lowest BCUT2D eigenvalue weighted by molar-refractivity contribution is 0.00578. The molecule has 127 valence electrons. The Balaban J connectivity index is 2.11. The van der Waals surface area contributed by atoms with Crippen molar-refractivity contribution in [2.24, 2.45) is 5.92 Å². The summed E-state index contributed by atoms with van der Waals surface area (Å²) in [6.07, 6.45) is 6.84. The van der Waals surface area contributed by atoms with Gasteiger partial charge in [-0.2, -0.15) is 0 Å². The van der Waals surface area contributed by atoms with Gasteiger partial charge in [0.15, 0.2) is 0 Å². The Labute approximate surface area is 140 Å². The van der Waals surface area contributed by atoms with Crippen LogP contribution in [0.25, 0.3) is 0 Å².